The lowest BCUT2D eigenvalue weighted by Gasteiger charge is -2.28. The molecule has 1 fully saturated rings. The molecule has 0 aliphatic carbocycles. The van der Waals surface area contributed by atoms with Gasteiger partial charge in [0.05, 0.1) is 12.2 Å². The van der Waals surface area contributed by atoms with Crippen molar-refractivity contribution >= 4 is 46.5 Å². The van der Waals surface area contributed by atoms with Crippen LogP contribution in [0, 0.1) is 5.82 Å². The summed E-state index contributed by atoms with van der Waals surface area (Å²) in [5, 5.41) is 8.91. The topological polar surface area (TPSA) is 93.8 Å². The highest BCUT2D eigenvalue weighted by Gasteiger charge is 2.38. The number of amides is 4. The number of rotatable bonds is 4. The minimum atomic E-state index is -0.956. The van der Waals surface area contributed by atoms with Crippen molar-refractivity contribution in [2.45, 2.75) is 12.6 Å². The summed E-state index contributed by atoms with van der Waals surface area (Å²) in [6.45, 7) is 1.46. The first-order valence-corrected chi connectivity index (χ1v) is 11.8. The molecule has 1 unspecified atom stereocenters. The molecule has 0 bridgehead atoms. The monoisotopic (exact) mass is 507 g/mol. The van der Waals surface area contributed by atoms with E-state index in [0.717, 1.165) is 5.56 Å². The van der Waals surface area contributed by atoms with Gasteiger partial charge in [0.2, 0.25) is 5.91 Å². The first kappa shape index (κ1) is 23.8. The van der Waals surface area contributed by atoms with E-state index in [1.807, 2.05) is 12.1 Å². The molecule has 5 rings (SSSR count). The van der Waals surface area contributed by atoms with Crippen LogP contribution in [0.3, 0.4) is 0 Å². The standard InChI is InChI=1S/C26H23ClFN5O3/c27-17-5-7-18(8-6-17)30-26(36)33-15-16-3-1-2-4-20(16)24(33)25(35)31-22-10-9-19(13-21(22)28)32-12-11-29-14-23(32)34/h1-10,13,24,29H,11-12,14-15H2,(H,30,36)(H,31,35). The van der Waals surface area contributed by atoms with Gasteiger partial charge in [-0.3, -0.25) is 9.59 Å². The minimum Gasteiger partial charge on any atom is -0.321 e. The Morgan fingerprint density at radius 1 is 1.03 bits per heavy atom. The Morgan fingerprint density at radius 2 is 1.81 bits per heavy atom. The van der Waals surface area contributed by atoms with Crippen LogP contribution in [0.2, 0.25) is 5.02 Å². The molecule has 3 N–H and O–H groups in total. The largest absolute Gasteiger partial charge is 0.323 e. The van der Waals surface area contributed by atoms with Crippen molar-refractivity contribution in [2.24, 2.45) is 0 Å². The third-order valence-corrected chi connectivity index (χ3v) is 6.47. The van der Waals surface area contributed by atoms with Crippen LogP contribution in [0.15, 0.2) is 66.7 Å². The second kappa shape index (κ2) is 9.96. The predicted molar refractivity (Wildman–Crippen MR) is 135 cm³/mol. The van der Waals surface area contributed by atoms with Crippen LogP contribution >= 0.6 is 11.6 Å². The molecule has 2 aliphatic rings. The average molecular weight is 508 g/mol. The molecule has 0 saturated carbocycles. The van der Waals surface area contributed by atoms with Crippen LogP contribution < -0.4 is 20.9 Å². The molecule has 0 radical (unpaired) electrons. The second-order valence-corrected chi connectivity index (χ2v) is 8.98. The van der Waals surface area contributed by atoms with Crippen molar-refractivity contribution < 1.29 is 18.8 Å². The summed E-state index contributed by atoms with van der Waals surface area (Å²) < 4.78 is 15.0. The maximum Gasteiger partial charge on any atom is 0.323 e. The van der Waals surface area contributed by atoms with Gasteiger partial charge < -0.3 is 25.8 Å². The number of urea groups is 1. The second-order valence-electron chi connectivity index (χ2n) is 8.54. The molecule has 4 amide bonds. The van der Waals surface area contributed by atoms with Gasteiger partial charge in [0.25, 0.3) is 5.91 Å². The smallest absolute Gasteiger partial charge is 0.321 e. The lowest BCUT2D eigenvalue weighted by molar-refractivity contribution is -0.120. The Balaban J connectivity index is 1.37. The molecule has 184 valence electrons. The third kappa shape index (κ3) is 4.75. The van der Waals surface area contributed by atoms with Crippen molar-refractivity contribution in [3.8, 4) is 0 Å². The van der Waals surface area contributed by atoms with Gasteiger partial charge in [0, 0.05) is 36.0 Å². The SMILES string of the molecule is O=C(Nc1ccc(N2CCNCC2=O)cc1F)C1c2ccccc2CN1C(=O)Nc1ccc(Cl)cc1. The number of carbonyl (C=O) groups excluding carboxylic acids is 3. The van der Waals surface area contributed by atoms with Crippen LogP contribution in [0.1, 0.15) is 17.2 Å². The number of hydrogen-bond donors (Lipinski definition) is 3. The molecule has 36 heavy (non-hydrogen) atoms. The summed E-state index contributed by atoms with van der Waals surface area (Å²) in [6.07, 6.45) is 0. The van der Waals surface area contributed by atoms with Crippen molar-refractivity contribution in [3.63, 3.8) is 0 Å². The number of anilines is 3. The highest BCUT2D eigenvalue weighted by atomic mass is 35.5. The Hall–Kier alpha value is -3.95. The van der Waals surface area contributed by atoms with E-state index in [-0.39, 0.29) is 24.7 Å². The Bertz CT molecular complexity index is 1330. The summed E-state index contributed by atoms with van der Waals surface area (Å²) in [7, 11) is 0. The normalized spacial score (nSPS) is 17.1. The van der Waals surface area contributed by atoms with Crippen LogP contribution in [-0.4, -0.2) is 42.4 Å². The van der Waals surface area contributed by atoms with E-state index < -0.39 is 23.8 Å². The van der Waals surface area contributed by atoms with E-state index in [1.54, 1.807) is 42.5 Å². The van der Waals surface area contributed by atoms with Crippen LogP contribution in [-0.2, 0) is 16.1 Å². The summed E-state index contributed by atoms with van der Waals surface area (Å²) in [5.74, 6) is -1.37. The Kier molecular flexibility index (Phi) is 6.58. The molecule has 3 aromatic rings. The molecule has 0 aromatic heterocycles. The molecule has 10 heteroatoms. The predicted octanol–water partition coefficient (Wildman–Crippen LogP) is 4.14. The number of halogens is 2. The molecule has 0 spiro atoms. The fourth-order valence-electron chi connectivity index (χ4n) is 4.44. The number of piperazine rings is 1. The van der Waals surface area contributed by atoms with Gasteiger partial charge in [-0.2, -0.15) is 0 Å². The molecule has 3 aromatic carbocycles. The fourth-order valence-corrected chi connectivity index (χ4v) is 4.57. The number of benzene rings is 3. The Morgan fingerprint density at radius 3 is 2.56 bits per heavy atom. The number of carbonyl (C=O) groups is 3. The van der Waals surface area contributed by atoms with Crippen molar-refractivity contribution in [1.82, 2.24) is 10.2 Å². The highest BCUT2D eigenvalue weighted by molar-refractivity contribution is 6.30. The molecule has 2 aliphatic heterocycles. The van der Waals surface area contributed by atoms with E-state index >= 15 is 0 Å². The van der Waals surface area contributed by atoms with Gasteiger partial charge in [0.1, 0.15) is 11.9 Å². The van der Waals surface area contributed by atoms with Gasteiger partial charge in [-0.15, -0.1) is 0 Å². The number of nitrogens with zero attached hydrogens (tertiary/aromatic N) is 2. The maximum absolute atomic E-state index is 15.0. The van der Waals surface area contributed by atoms with Crippen molar-refractivity contribution in [1.29, 1.82) is 0 Å². The fraction of sp³-hybridized carbons (Fsp3) is 0.192. The molecular formula is C26H23ClFN5O3. The van der Waals surface area contributed by atoms with E-state index in [4.69, 9.17) is 11.6 Å². The van der Waals surface area contributed by atoms with Crippen molar-refractivity contribution in [3.05, 3.63) is 88.7 Å². The highest BCUT2D eigenvalue weighted by Crippen LogP contribution is 2.35. The van der Waals surface area contributed by atoms with E-state index in [9.17, 15) is 18.8 Å². The molecule has 1 atom stereocenters. The Labute approximate surface area is 212 Å². The zero-order valence-corrected chi connectivity index (χ0v) is 19.9. The van der Waals surface area contributed by atoms with E-state index in [1.165, 1.54) is 21.9 Å². The zero-order valence-electron chi connectivity index (χ0n) is 19.1. The quantitative estimate of drug-likeness (QED) is 0.494. The number of nitrogens with one attached hydrogen (secondary N) is 3. The average Bonchev–Trinajstić information content (AvgIpc) is 3.27. The first-order valence-electron chi connectivity index (χ1n) is 11.4. The number of hydrogen-bond acceptors (Lipinski definition) is 4. The van der Waals surface area contributed by atoms with Crippen LogP contribution in [0.25, 0.3) is 0 Å². The van der Waals surface area contributed by atoms with Gasteiger partial charge >= 0.3 is 6.03 Å². The van der Waals surface area contributed by atoms with E-state index in [2.05, 4.69) is 16.0 Å². The molecular weight excluding hydrogens is 485 g/mol. The summed E-state index contributed by atoms with van der Waals surface area (Å²) in [5.41, 5.74) is 2.42. The van der Waals surface area contributed by atoms with Gasteiger partial charge in [-0.05, 0) is 53.6 Å². The van der Waals surface area contributed by atoms with Crippen LogP contribution in [0.4, 0.5) is 26.2 Å². The van der Waals surface area contributed by atoms with Crippen LogP contribution in [0.5, 0.6) is 0 Å². The zero-order chi connectivity index (χ0) is 25.2. The summed E-state index contributed by atoms with van der Waals surface area (Å²) in [6, 6.07) is 16.7. The van der Waals surface area contributed by atoms with Gasteiger partial charge in [-0.1, -0.05) is 35.9 Å². The van der Waals surface area contributed by atoms with Gasteiger partial charge in [-0.25, -0.2) is 9.18 Å². The number of fused-ring (bicyclic) bond motifs is 1. The first-order chi connectivity index (χ1) is 17.4. The summed E-state index contributed by atoms with van der Waals surface area (Å²) >= 11 is 5.92. The van der Waals surface area contributed by atoms with Gasteiger partial charge in [0.15, 0.2) is 0 Å². The summed E-state index contributed by atoms with van der Waals surface area (Å²) in [4.78, 5) is 41.6. The molecule has 1 saturated heterocycles. The molecule has 8 nitrogen and oxygen atoms in total. The lowest BCUT2D eigenvalue weighted by Crippen LogP contribution is -2.48. The molecule has 2 heterocycles. The van der Waals surface area contributed by atoms with E-state index in [0.29, 0.717) is 35.1 Å². The third-order valence-electron chi connectivity index (χ3n) is 6.22. The maximum atomic E-state index is 15.0. The lowest BCUT2D eigenvalue weighted by atomic mass is 10.0. The van der Waals surface area contributed by atoms with Crippen molar-refractivity contribution in [2.75, 3.05) is 35.2 Å². The minimum absolute atomic E-state index is 0.0335.